The Hall–Kier alpha value is -0.910. The van der Waals surface area contributed by atoms with Crippen LogP contribution in [0.25, 0.3) is 0 Å². The van der Waals surface area contributed by atoms with Gasteiger partial charge < -0.3 is 15.7 Å². The third-order valence-electron chi connectivity index (χ3n) is 3.08. The molecular weight excluding hydrogens is 264 g/mol. The molecule has 19 heavy (non-hydrogen) atoms. The van der Waals surface area contributed by atoms with Crippen molar-refractivity contribution in [3.63, 3.8) is 0 Å². The van der Waals surface area contributed by atoms with Crippen molar-refractivity contribution in [3.05, 3.63) is 0 Å². The van der Waals surface area contributed by atoms with Crippen molar-refractivity contribution in [2.75, 3.05) is 18.6 Å². The molecule has 3 N–H and O–H groups in total. The average molecular weight is 290 g/mol. The Bertz CT molecular complexity index is 275. The van der Waals surface area contributed by atoms with Crippen LogP contribution in [0.4, 0.5) is 4.79 Å². The summed E-state index contributed by atoms with van der Waals surface area (Å²) in [4.78, 5) is 22.6. The molecule has 0 aliphatic carbocycles. The van der Waals surface area contributed by atoms with E-state index >= 15 is 0 Å². The molecular formula is C13H26N2O3S. The molecule has 112 valence electrons. The fourth-order valence-corrected chi connectivity index (χ4v) is 2.12. The van der Waals surface area contributed by atoms with E-state index in [1.165, 1.54) is 0 Å². The van der Waals surface area contributed by atoms with Crippen LogP contribution in [-0.2, 0) is 4.79 Å². The summed E-state index contributed by atoms with van der Waals surface area (Å²) in [5.74, 6) is 0.0793. The molecule has 0 aliphatic rings. The lowest BCUT2D eigenvalue weighted by Gasteiger charge is -2.20. The summed E-state index contributed by atoms with van der Waals surface area (Å²) in [5.41, 5.74) is 0. The second-order valence-electron chi connectivity index (χ2n) is 4.66. The van der Waals surface area contributed by atoms with E-state index in [0.717, 1.165) is 25.0 Å². The zero-order valence-electron chi connectivity index (χ0n) is 12.1. The average Bonchev–Trinajstić information content (AvgIpc) is 2.38. The highest BCUT2D eigenvalue weighted by atomic mass is 32.2. The largest absolute Gasteiger partial charge is 0.480 e. The Balaban J connectivity index is 3.85. The normalized spacial score (nSPS) is 13.6. The van der Waals surface area contributed by atoms with Crippen molar-refractivity contribution in [1.82, 2.24) is 10.6 Å². The molecule has 0 radical (unpaired) electrons. The van der Waals surface area contributed by atoms with E-state index in [2.05, 4.69) is 16.9 Å². The number of carboxylic acid groups (broad SMARTS) is 1. The summed E-state index contributed by atoms with van der Waals surface area (Å²) in [7, 11) is 0. The first-order chi connectivity index (χ1) is 9.02. The van der Waals surface area contributed by atoms with Gasteiger partial charge in [0.05, 0.1) is 0 Å². The lowest BCUT2D eigenvalue weighted by Crippen LogP contribution is -2.49. The Kier molecular flexibility index (Phi) is 10.4. The fourth-order valence-electron chi connectivity index (χ4n) is 1.63. The maximum absolute atomic E-state index is 11.6. The molecule has 0 aromatic heterocycles. The molecule has 0 spiro atoms. The van der Waals surface area contributed by atoms with E-state index in [-0.39, 0.29) is 5.92 Å². The molecule has 0 saturated carbocycles. The van der Waals surface area contributed by atoms with Crippen LogP contribution in [0.5, 0.6) is 0 Å². The van der Waals surface area contributed by atoms with Crippen LogP contribution in [0.3, 0.4) is 0 Å². The maximum Gasteiger partial charge on any atom is 0.326 e. The third-order valence-corrected chi connectivity index (χ3v) is 3.77. The standard InChI is InChI=1S/C13H26N2O3S/c1-4-10(2)11(12(16)17)15-13(18)14-8-6-5-7-9-19-3/h10-11H,4-9H2,1-3H3,(H,16,17)(H2,14,15,18). The molecule has 0 rings (SSSR count). The van der Waals surface area contributed by atoms with Crippen LogP contribution < -0.4 is 10.6 Å². The lowest BCUT2D eigenvalue weighted by atomic mass is 9.99. The van der Waals surface area contributed by atoms with Gasteiger partial charge in [-0.3, -0.25) is 0 Å². The van der Waals surface area contributed by atoms with Crippen molar-refractivity contribution < 1.29 is 14.7 Å². The predicted molar refractivity (Wildman–Crippen MR) is 79.6 cm³/mol. The van der Waals surface area contributed by atoms with Gasteiger partial charge in [-0.25, -0.2) is 9.59 Å². The highest BCUT2D eigenvalue weighted by molar-refractivity contribution is 7.98. The van der Waals surface area contributed by atoms with E-state index in [1.54, 1.807) is 0 Å². The van der Waals surface area contributed by atoms with E-state index in [4.69, 9.17) is 5.11 Å². The first-order valence-electron chi connectivity index (χ1n) is 6.79. The number of amides is 2. The topological polar surface area (TPSA) is 78.4 Å². The van der Waals surface area contributed by atoms with Crippen molar-refractivity contribution in [2.24, 2.45) is 5.92 Å². The first kappa shape index (κ1) is 18.1. The molecule has 5 nitrogen and oxygen atoms in total. The van der Waals surface area contributed by atoms with Crippen LogP contribution in [-0.4, -0.2) is 41.7 Å². The van der Waals surface area contributed by atoms with Gasteiger partial charge in [0.25, 0.3) is 0 Å². The SMILES string of the molecule is CCC(C)C(NC(=O)NCCCCCSC)C(=O)O. The molecule has 0 fully saturated rings. The van der Waals surface area contributed by atoms with E-state index in [1.807, 2.05) is 25.6 Å². The molecule has 0 heterocycles. The summed E-state index contributed by atoms with van der Waals surface area (Å²) in [6, 6.07) is -1.21. The van der Waals surface area contributed by atoms with E-state index in [9.17, 15) is 9.59 Å². The summed E-state index contributed by atoms with van der Waals surface area (Å²) in [5, 5.41) is 14.3. The van der Waals surface area contributed by atoms with Crippen molar-refractivity contribution in [1.29, 1.82) is 0 Å². The monoisotopic (exact) mass is 290 g/mol. The van der Waals surface area contributed by atoms with Crippen LogP contribution in [0, 0.1) is 5.92 Å². The molecule has 2 amide bonds. The van der Waals surface area contributed by atoms with Gasteiger partial charge >= 0.3 is 12.0 Å². The summed E-state index contributed by atoms with van der Waals surface area (Å²) < 4.78 is 0. The number of unbranched alkanes of at least 4 members (excludes halogenated alkanes) is 2. The number of hydrogen-bond acceptors (Lipinski definition) is 3. The second-order valence-corrected chi connectivity index (χ2v) is 5.64. The number of carbonyl (C=O) groups is 2. The number of carbonyl (C=O) groups excluding carboxylic acids is 1. The number of carboxylic acids is 1. The van der Waals surface area contributed by atoms with Crippen LogP contribution in [0.1, 0.15) is 39.5 Å². The molecule has 0 saturated heterocycles. The van der Waals surface area contributed by atoms with Gasteiger partial charge in [-0.15, -0.1) is 0 Å². The number of rotatable bonds is 10. The summed E-state index contributed by atoms with van der Waals surface area (Å²) >= 11 is 1.82. The second kappa shape index (κ2) is 11.0. The predicted octanol–water partition coefficient (Wildman–Crippen LogP) is 2.32. The van der Waals surface area contributed by atoms with Gasteiger partial charge in [-0.2, -0.15) is 11.8 Å². The molecule has 0 bridgehead atoms. The highest BCUT2D eigenvalue weighted by Gasteiger charge is 2.24. The Morgan fingerprint density at radius 3 is 2.47 bits per heavy atom. The van der Waals surface area contributed by atoms with Crippen molar-refractivity contribution >= 4 is 23.8 Å². The van der Waals surface area contributed by atoms with Crippen LogP contribution in [0.2, 0.25) is 0 Å². The number of hydrogen-bond donors (Lipinski definition) is 3. The van der Waals surface area contributed by atoms with Gasteiger partial charge in [0, 0.05) is 6.54 Å². The van der Waals surface area contributed by atoms with Gasteiger partial charge in [0.2, 0.25) is 0 Å². The summed E-state index contributed by atoms with van der Waals surface area (Å²) in [6.45, 7) is 4.32. The Morgan fingerprint density at radius 2 is 1.95 bits per heavy atom. The van der Waals surface area contributed by atoms with E-state index in [0.29, 0.717) is 13.0 Å². The number of thioether (sulfide) groups is 1. The minimum Gasteiger partial charge on any atom is -0.480 e. The van der Waals surface area contributed by atoms with Crippen LogP contribution >= 0.6 is 11.8 Å². The first-order valence-corrected chi connectivity index (χ1v) is 8.18. The maximum atomic E-state index is 11.6. The molecule has 0 aliphatic heterocycles. The number of urea groups is 1. The van der Waals surface area contributed by atoms with Crippen LogP contribution in [0.15, 0.2) is 0 Å². The molecule has 0 aromatic rings. The van der Waals surface area contributed by atoms with Crippen molar-refractivity contribution in [3.8, 4) is 0 Å². The van der Waals surface area contributed by atoms with Crippen molar-refractivity contribution in [2.45, 2.75) is 45.6 Å². The minimum atomic E-state index is -0.982. The van der Waals surface area contributed by atoms with E-state index < -0.39 is 18.0 Å². The zero-order valence-corrected chi connectivity index (χ0v) is 12.9. The fraction of sp³-hybridized carbons (Fsp3) is 0.846. The van der Waals surface area contributed by atoms with Gasteiger partial charge in [-0.05, 0) is 30.8 Å². The smallest absolute Gasteiger partial charge is 0.326 e. The third kappa shape index (κ3) is 8.75. The molecule has 2 atom stereocenters. The molecule has 6 heteroatoms. The minimum absolute atomic E-state index is 0.0789. The molecule has 2 unspecified atom stereocenters. The van der Waals surface area contributed by atoms with Gasteiger partial charge in [0.1, 0.15) is 6.04 Å². The van der Waals surface area contributed by atoms with Gasteiger partial charge in [0.15, 0.2) is 0 Å². The quantitative estimate of drug-likeness (QED) is 0.540. The Morgan fingerprint density at radius 1 is 1.26 bits per heavy atom. The Labute approximate surface area is 119 Å². The number of nitrogens with one attached hydrogen (secondary N) is 2. The zero-order chi connectivity index (χ0) is 14.7. The number of aliphatic carboxylic acids is 1. The molecule has 0 aromatic carbocycles. The highest BCUT2D eigenvalue weighted by Crippen LogP contribution is 2.07. The van der Waals surface area contributed by atoms with Gasteiger partial charge in [-0.1, -0.05) is 26.7 Å². The summed E-state index contributed by atoms with van der Waals surface area (Å²) in [6.07, 6.45) is 5.94. The lowest BCUT2D eigenvalue weighted by molar-refractivity contribution is -0.140.